The smallest absolute Gasteiger partial charge is 0.312 e. The largest absolute Gasteiger partial charge is 0.378 e. The van der Waals surface area contributed by atoms with Crippen molar-refractivity contribution in [3.63, 3.8) is 0 Å². The average molecular weight is 395 g/mol. The SMILES string of the molecule is CCN1CCN([C@H](c2cccs2)[C@@H](C)NC(=O)C(=O)N2CCOCC2)CC1. The number of nitrogens with one attached hydrogen (secondary N) is 1. The second-order valence-electron chi connectivity index (χ2n) is 7.10. The molecule has 2 aliphatic rings. The molecule has 1 aromatic rings. The van der Waals surface area contributed by atoms with Gasteiger partial charge in [0, 0.05) is 50.2 Å². The van der Waals surface area contributed by atoms with Crippen molar-refractivity contribution in [2.24, 2.45) is 0 Å². The molecule has 0 radical (unpaired) electrons. The van der Waals surface area contributed by atoms with E-state index in [1.807, 2.05) is 13.0 Å². The van der Waals surface area contributed by atoms with Crippen LogP contribution in [0.3, 0.4) is 0 Å². The second kappa shape index (κ2) is 9.64. The highest BCUT2D eigenvalue weighted by molar-refractivity contribution is 7.10. The Labute approximate surface area is 165 Å². The maximum absolute atomic E-state index is 12.5. The van der Waals surface area contributed by atoms with Crippen molar-refractivity contribution in [3.8, 4) is 0 Å². The van der Waals surface area contributed by atoms with E-state index in [1.54, 1.807) is 16.2 Å². The zero-order valence-corrected chi connectivity index (χ0v) is 17.0. The molecule has 1 N–H and O–H groups in total. The van der Waals surface area contributed by atoms with Gasteiger partial charge in [-0.2, -0.15) is 0 Å². The van der Waals surface area contributed by atoms with Crippen LogP contribution < -0.4 is 5.32 Å². The molecule has 8 heteroatoms. The van der Waals surface area contributed by atoms with Crippen molar-refractivity contribution in [1.29, 1.82) is 0 Å². The highest BCUT2D eigenvalue weighted by atomic mass is 32.1. The van der Waals surface area contributed by atoms with Gasteiger partial charge in [-0.1, -0.05) is 13.0 Å². The molecule has 3 rings (SSSR count). The van der Waals surface area contributed by atoms with Gasteiger partial charge < -0.3 is 19.9 Å². The molecule has 0 saturated carbocycles. The van der Waals surface area contributed by atoms with E-state index in [0.29, 0.717) is 26.3 Å². The first-order valence-corrected chi connectivity index (χ1v) is 10.7. The Morgan fingerprint density at radius 1 is 1.19 bits per heavy atom. The fourth-order valence-corrected chi connectivity index (χ4v) is 4.78. The Bertz CT molecular complexity index is 610. The molecule has 150 valence electrons. The minimum atomic E-state index is -0.516. The normalized spacial score (nSPS) is 21.6. The molecular weight excluding hydrogens is 364 g/mol. The lowest BCUT2D eigenvalue weighted by molar-refractivity contribution is -0.149. The van der Waals surface area contributed by atoms with Crippen molar-refractivity contribution in [2.75, 3.05) is 59.0 Å². The molecule has 2 saturated heterocycles. The average Bonchev–Trinajstić information content (AvgIpc) is 3.23. The van der Waals surface area contributed by atoms with E-state index in [-0.39, 0.29) is 12.1 Å². The minimum absolute atomic E-state index is 0.0884. The molecule has 2 atom stereocenters. The van der Waals surface area contributed by atoms with Crippen LogP contribution in [-0.2, 0) is 14.3 Å². The standard InChI is InChI=1S/C19H30N4O3S/c1-3-21-6-8-22(9-7-21)17(16-5-4-14-27-16)15(2)20-18(24)19(25)23-10-12-26-13-11-23/h4-5,14-15,17H,3,6-13H2,1-2H3,(H,20,24)/t15-,17+/m1/s1. The summed E-state index contributed by atoms with van der Waals surface area (Å²) in [6.07, 6.45) is 0. The van der Waals surface area contributed by atoms with Gasteiger partial charge in [-0.15, -0.1) is 11.3 Å². The lowest BCUT2D eigenvalue weighted by atomic mass is 10.0. The van der Waals surface area contributed by atoms with E-state index in [0.717, 1.165) is 32.7 Å². The number of hydrogen-bond donors (Lipinski definition) is 1. The number of hydrogen-bond acceptors (Lipinski definition) is 6. The van der Waals surface area contributed by atoms with Crippen molar-refractivity contribution >= 4 is 23.2 Å². The highest BCUT2D eigenvalue weighted by Gasteiger charge is 2.32. The first kappa shape index (κ1) is 20.3. The number of carbonyl (C=O) groups excluding carboxylic acids is 2. The summed E-state index contributed by atoms with van der Waals surface area (Å²) in [7, 11) is 0. The highest BCUT2D eigenvalue weighted by Crippen LogP contribution is 2.29. The second-order valence-corrected chi connectivity index (χ2v) is 8.08. The number of nitrogens with zero attached hydrogens (tertiary/aromatic N) is 3. The van der Waals surface area contributed by atoms with Crippen molar-refractivity contribution in [1.82, 2.24) is 20.0 Å². The van der Waals surface area contributed by atoms with E-state index < -0.39 is 11.8 Å². The van der Waals surface area contributed by atoms with Crippen LogP contribution in [0.1, 0.15) is 24.8 Å². The van der Waals surface area contributed by atoms with Crippen LogP contribution in [0, 0.1) is 0 Å². The summed E-state index contributed by atoms with van der Waals surface area (Å²) in [6, 6.07) is 4.11. The molecular formula is C19H30N4O3S. The number of ether oxygens (including phenoxy) is 1. The number of morpholine rings is 1. The van der Waals surface area contributed by atoms with E-state index in [2.05, 4.69) is 33.5 Å². The van der Waals surface area contributed by atoms with Crippen molar-refractivity contribution < 1.29 is 14.3 Å². The van der Waals surface area contributed by atoms with Crippen LogP contribution in [0.5, 0.6) is 0 Å². The minimum Gasteiger partial charge on any atom is -0.378 e. The number of thiophene rings is 1. The van der Waals surface area contributed by atoms with E-state index >= 15 is 0 Å². The van der Waals surface area contributed by atoms with E-state index in [9.17, 15) is 9.59 Å². The van der Waals surface area contributed by atoms with Crippen LogP contribution in [-0.4, -0.2) is 91.6 Å². The summed E-state index contributed by atoms with van der Waals surface area (Å²) in [5, 5.41) is 5.04. The molecule has 3 heterocycles. The Hall–Kier alpha value is -1.48. The van der Waals surface area contributed by atoms with Gasteiger partial charge in [0.05, 0.1) is 19.3 Å². The monoisotopic (exact) mass is 394 g/mol. The molecule has 27 heavy (non-hydrogen) atoms. The van der Waals surface area contributed by atoms with Gasteiger partial charge in [-0.05, 0) is 24.9 Å². The Balaban J connectivity index is 1.65. The molecule has 0 aliphatic carbocycles. The first-order chi connectivity index (χ1) is 13.1. The quantitative estimate of drug-likeness (QED) is 0.748. The summed E-state index contributed by atoms with van der Waals surface area (Å²) in [5.41, 5.74) is 0. The third kappa shape index (κ3) is 5.07. The number of likely N-dealkylation sites (N-methyl/N-ethyl adjacent to an activating group) is 1. The van der Waals surface area contributed by atoms with Crippen LogP contribution in [0.4, 0.5) is 0 Å². The Kier molecular flexibility index (Phi) is 7.23. The van der Waals surface area contributed by atoms with Gasteiger partial charge in [0.25, 0.3) is 0 Å². The third-order valence-corrected chi connectivity index (χ3v) is 6.35. The van der Waals surface area contributed by atoms with Gasteiger partial charge in [0.2, 0.25) is 0 Å². The molecule has 0 bridgehead atoms. The topological polar surface area (TPSA) is 65.1 Å². The summed E-state index contributed by atoms with van der Waals surface area (Å²) < 4.78 is 5.26. The maximum atomic E-state index is 12.5. The van der Waals surface area contributed by atoms with Crippen molar-refractivity contribution in [2.45, 2.75) is 25.9 Å². The van der Waals surface area contributed by atoms with Crippen LogP contribution >= 0.6 is 11.3 Å². The zero-order valence-electron chi connectivity index (χ0n) is 16.2. The molecule has 2 aliphatic heterocycles. The van der Waals surface area contributed by atoms with E-state index in [1.165, 1.54) is 4.88 Å². The van der Waals surface area contributed by atoms with E-state index in [4.69, 9.17) is 4.74 Å². The van der Waals surface area contributed by atoms with Crippen molar-refractivity contribution in [3.05, 3.63) is 22.4 Å². The third-order valence-electron chi connectivity index (χ3n) is 5.41. The number of carbonyl (C=O) groups is 2. The molecule has 7 nitrogen and oxygen atoms in total. The Morgan fingerprint density at radius 2 is 1.89 bits per heavy atom. The molecule has 0 spiro atoms. The predicted molar refractivity (Wildman–Crippen MR) is 106 cm³/mol. The van der Waals surface area contributed by atoms with Gasteiger partial charge >= 0.3 is 11.8 Å². The molecule has 0 unspecified atom stereocenters. The van der Waals surface area contributed by atoms with Crippen LogP contribution in [0.15, 0.2) is 17.5 Å². The summed E-state index contributed by atoms with van der Waals surface area (Å²) in [6.45, 7) is 11.2. The van der Waals surface area contributed by atoms with Gasteiger partial charge in [0.1, 0.15) is 0 Å². The van der Waals surface area contributed by atoms with Crippen LogP contribution in [0.25, 0.3) is 0 Å². The number of rotatable bonds is 5. The maximum Gasteiger partial charge on any atom is 0.312 e. The predicted octanol–water partition coefficient (Wildman–Crippen LogP) is 0.790. The van der Waals surface area contributed by atoms with Gasteiger partial charge in [-0.3, -0.25) is 14.5 Å². The lowest BCUT2D eigenvalue weighted by Crippen LogP contribution is -2.54. The van der Waals surface area contributed by atoms with Gasteiger partial charge in [0.15, 0.2) is 0 Å². The lowest BCUT2D eigenvalue weighted by Gasteiger charge is -2.41. The fourth-order valence-electron chi connectivity index (χ4n) is 3.82. The molecule has 2 fully saturated rings. The number of amides is 2. The summed E-state index contributed by atoms with van der Waals surface area (Å²) in [5.74, 6) is -0.968. The summed E-state index contributed by atoms with van der Waals surface area (Å²) >= 11 is 1.70. The van der Waals surface area contributed by atoms with Crippen LogP contribution in [0.2, 0.25) is 0 Å². The zero-order chi connectivity index (χ0) is 19.2. The fraction of sp³-hybridized carbons (Fsp3) is 0.684. The van der Waals surface area contributed by atoms with Gasteiger partial charge in [-0.25, -0.2) is 0 Å². The molecule has 0 aromatic carbocycles. The molecule has 2 amide bonds. The number of piperazine rings is 1. The Morgan fingerprint density at radius 3 is 2.48 bits per heavy atom. The summed E-state index contributed by atoms with van der Waals surface area (Å²) in [4.78, 5) is 32.7. The first-order valence-electron chi connectivity index (χ1n) is 9.77. The molecule has 1 aromatic heterocycles.